The number of unbranched alkanes of at least 4 members (excludes halogenated alkanes) is 1. The Morgan fingerprint density at radius 3 is 3.05 bits per heavy atom. The van der Waals surface area contributed by atoms with Crippen molar-refractivity contribution in [1.82, 2.24) is 10.2 Å². The molecule has 0 unspecified atom stereocenters. The summed E-state index contributed by atoms with van der Waals surface area (Å²) in [7, 11) is 0. The minimum Gasteiger partial charge on any atom is -0.381 e. The summed E-state index contributed by atoms with van der Waals surface area (Å²) in [6.07, 6.45) is 5.30. The molecule has 1 atom stereocenters. The summed E-state index contributed by atoms with van der Waals surface area (Å²) >= 11 is 7.55. The van der Waals surface area contributed by atoms with E-state index >= 15 is 0 Å². The van der Waals surface area contributed by atoms with E-state index in [9.17, 15) is 4.79 Å². The smallest absolute Gasteiger partial charge is 0.317 e. The lowest BCUT2D eigenvalue weighted by Crippen LogP contribution is -2.40. The summed E-state index contributed by atoms with van der Waals surface area (Å²) in [6.45, 7) is 4.13. The molecule has 6 heteroatoms. The molecule has 2 aliphatic heterocycles. The van der Waals surface area contributed by atoms with E-state index in [-0.39, 0.29) is 11.4 Å². The van der Waals surface area contributed by atoms with Gasteiger partial charge in [-0.1, -0.05) is 11.6 Å². The number of ether oxygens (including phenoxy) is 1. The summed E-state index contributed by atoms with van der Waals surface area (Å²) in [5.41, 5.74) is 0.246. The van der Waals surface area contributed by atoms with Gasteiger partial charge in [-0.3, -0.25) is 0 Å². The van der Waals surface area contributed by atoms with E-state index in [1.54, 1.807) is 11.3 Å². The number of nitrogens with zero attached hydrogens (tertiary/aromatic N) is 1. The Kier molecular flexibility index (Phi) is 5.26. The van der Waals surface area contributed by atoms with Crippen LogP contribution in [0.1, 0.15) is 30.6 Å². The maximum Gasteiger partial charge on any atom is 0.317 e. The van der Waals surface area contributed by atoms with Crippen LogP contribution in [0, 0.1) is 5.41 Å². The second-order valence-corrected chi connectivity index (χ2v) is 8.17. The summed E-state index contributed by atoms with van der Waals surface area (Å²) < 4.78 is 6.35. The zero-order valence-corrected chi connectivity index (χ0v) is 14.3. The van der Waals surface area contributed by atoms with Crippen molar-refractivity contribution < 1.29 is 9.53 Å². The van der Waals surface area contributed by atoms with Crippen molar-refractivity contribution in [3.63, 3.8) is 0 Å². The molecule has 0 saturated carbocycles. The van der Waals surface area contributed by atoms with Crippen molar-refractivity contribution in [2.24, 2.45) is 5.41 Å². The second-order valence-electron chi connectivity index (χ2n) is 6.37. The van der Waals surface area contributed by atoms with Gasteiger partial charge in [-0.2, -0.15) is 0 Å². The van der Waals surface area contributed by atoms with Crippen molar-refractivity contribution in [2.75, 3.05) is 32.8 Å². The van der Waals surface area contributed by atoms with Crippen LogP contribution in [-0.2, 0) is 11.2 Å². The van der Waals surface area contributed by atoms with Gasteiger partial charge in [0.2, 0.25) is 0 Å². The van der Waals surface area contributed by atoms with Crippen LogP contribution in [-0.4, -0.2) is 43.8 Å². The van der Waals surface area contributed by atoms with Gasteiger partial charge in [-0.25, -0.2) is 4.79 Å². The van der Waals surface area contributed by atoms with Crippen LogP contribution in [0.5, 0.6) is 0 Å². The topological polar surface area (TPSA) is 41.6 Å². The van der Waals surface area contributed by atoms with Gasteiger partial charge in [0.1, 0.15) is 0 Å². The number of aryl methyl sites for hydroxylation is 1. The zero-order valence-electron chi connectivity index (χ0n) is 12.8. The Labute approximate surface area is 140 Å². The van der Waals surface area contributed by atoms with Gasteiger partial charge in [0.25, 0.3) is 0 Å². The van der Waals surface area contributed by atoms with Gasteiger partial charge in [-0.15, -0.1) is 11.3 Å². The predicted octanol–water partition coefficient (Wildman–Crippen LogP) is 3.55. The van der Waals surface area contributed by atoms with Gasteiger partial charge in [0, 0.05) is 36.5 Å². The third kappa shape index (κ3) is 3.94. The molecule has 2 saturated heterocycles. The quantitative estimate of drug-likeness (QED) is 0.831. The summed E-state index contributed by atoms with van der Waals surface area (Å²) in [5, 5.41) is 3.05. The van der Waals surface area contributed by atoms with Crippen molar-refractivity contribution in [2.45, 2.75) is 32.1 Å². The number of likely N-dealkylation sites (tertiary alicyclic amines) is 1. The number of rotatable bonds is 5. The molecule has 2 fully saturated rings. The number of urea groups is 1. The van der Waals surface area contributed by atoms with Crippen LogP contribution >= 0.6 is 22.9 Å². The van der Waals surface area contributed by atoms with Crippen molar-refractivity contribution in [1.29, 1.82) is 0 Å². The highest BCUT2D eigenvalue weighted by atomic mass is 35.5. The lowest BCUT2D eigenvalue weighted by atomic mass is 9.87. The summed E-state index contributed by atoms with van der Waals surface area (Å²) in [5.74, 6) is 0. The number of nitrogens with one attached hydrogen (secondary N) is 1. The molecule has 4 nitrogen and oxygen atoms in total. The molecule has 0 aromatic carbocycles. The second kappa shape index (κ2) is 7.20. The molecule has 2 aliphatic rings. The molecule has 1 aromatic heterocycles. The minimum atomic E-state index is 0.0861. The lowest BCUT2D eigenvalue weighted by molar-refractivity contribution is 0.152. The molecule has 1 aromatic rings. The predicted molar refractivity (Wildman–Crippen MR) is 89.7 cm³/mol. The minimum absolute atomic E-state index is 0.0861. The molecule has 0 radical (unpaired) electrons. The first-order valence-corrected chi connectivity index (χ1v) is 9.21. The average Bonchev–Trinajstić information content (AvgIpc) is 3.22. The first kappa shape index (κ1) is 16.1. The van der Waals surface area contributed by atoms with Crippen LogP contribution in [0.15, 0.2) is 12.1 Å². The van der Waals surface area contributed by atoms with Crippen LogP contribution in [0.2, 0.25) is 4.34 Å². The summed E-state index contributed by atoms with van der Waals surface area (Å²) in [6, 6.07) is 4.11. The Hall–Kier alpha value is -0.780. The SMILES string of the molecule is O=C(NCCCCc1ccc(Cl)s1)N1CC[C@]2(CCOC2)C1. The molecule has 0 aliphatic carbocycles. The molecule has 0 bridgehead atoms. The molecule has 1 N–H and O–H groups in total. The Balaban J connectivity index is 1.31. The molecule has 122 valence electrons. The van der Waals surface area contributed by atoms with Crippen molar-refractivity contribution in [3.8, 4) is 0 Å². The van der Waals surface area contributed by atoms with Crippen LogP contribution in [0.4, 0.5) is 4.79 Å². The lowest BCUT2D eigenvalue weighted by Gasteiger charge is -2.22. The molecule has 3 heterocycles. The number of thiophene rings is 1. The van der Waals surface area contributed by atoms with E-state index in [0.29, 0.717) is 0 Å². The maximum atomic E-state index is 12.2. The van der Waals surface area contributed by atoms with E-state index in [1.807, 2.05) is 11.0 Å². The Morgan fingerprint density at radius 2 is 2.32 bits per heavy atom. The fourth-order valence-electron chi connectivity index (χ4n) is 3.30. The maximum absolute atomic E-state index is 12.2. The molecular weight excluding hydrogens is 320 g/mol. The standard InChI is InChI=1S/C16H23ClN2O2S/c17-14-5-4-13(22-14)3-1-2-8-18-15(20)19-9-6-16(11-19)7-10-21-12-16/h4-5H,1-3,6-12H2,(H,18,20)/t16-/m0/s1. The fourth-order valence-corrected chi connectivity index (χ4v) is 4.43. The monoisotopic (exact) mass is 342 g/mol. The zero-order chi connectivity index (χ0) is 15.4. The van der Waals surface area contributed by atoms with Crippen LogP contribution in [0.3, 0.4) is 0 Å². The fraction of sp³-hybridized carbons (Fsp3) is 0.688. The number of carbonyl (C=O) groups is 1. The molecule has 3 rings (SSSR count). The summed E-state index contributed by atoms with van der Waals surface area (Å²) in [4.78, 5) is 15.5. The normalized spacial score (nSPS) is 24.3. The van der Waals surface area contributed by atoms with Crippen LogP contribution < -0.4 is 5.32 Å². The van der Waals surface area contributed by atoms with E-state index in [2.05, 4.69) is 11.4 Å². The van der Waals surface area contributed by atoms with Crippen molar-refractivity contribution >= 4 is 29.0 Å². The van der Waals surface area contributed by atoms with Crippen molar-refractivity contribution in [3.05, 3.63) is 21.3 Å². The third-order valence-corrected chi connectivity index (χ3v) is 5.96. The first-order valence-electron chi connectivity index (χ1n) is 8.02. The number of amides is 2. The highest BCUT2D eigenvalue weighted by Crippen LogP contribution is 2.38. The largest absolute Gasteiger partial charge is 0.381 e. The van der Waals surface area contributed by atoms with E-state index < -0.39 is 0 Å². The number of carbonyl (C=O) groups excluding carboxylic acids is 1. The highest BCUT2D eigenvalue weighted by Gasteiger charge is 2.42. The van der Waals surface area contributed by atoms with E-state index in [0.717, 1.165) is 69.3 Å². The van der Waals surface area contributed by atoms with E-state index in [1.165, 1.54) is 4.88 Å². The molecule has 1 spiro atoms. The van der Waals surface area contributed by atoms with Gasteiger partial charge in [-0.05, 0) is 44.2 Å². The number of hydrogen-bond acceptors (Lipinski definition) is 3. The van der Waals surface area contributed by atoms with E-state index in [4.69, 9.17) is 16.3 Å². The third-order valence-electron chi connectivity index (χ3n) is 4.67. The molecule has 22 heavy (non-hydrogen) atoms. The van der Waals surface area contributed by atoms with Gasteiger partial charge < -0.3 is 15.0 Å². The van der Waals surface area contributed by atoms with Gasteiger partial charge in [0.15, 0.2) is 0 Å². The average molecular weight is 343 g/mol. The molecular formula is C16H23ClN2O2S. The number of halogens is 1. The highest BCUT2D eigenvalue weighted by molar-refractivity contribution is 7.16. The Bertz CT molecular complexity index is 514. The van der Waals surface area contributed by atoms with Gasteiger partial charge in [0.05, 0.1) is 10.9 Å². The van der Waals surface area contributed by atoms with Crippen LogP contribution in [0.25, 0.3) is 0 Å². The first-order chi connectivity index (χ1) is 10.7. The Morgan fingerprint density at radius 1 is 1.41 bits per heavy atom. The van der Waals surface area contributed by atoms with Gasteiger partial charge >= 0.3 is 6.03 Å². The number of hydrogen-bond donors (Lipinski definition) is 1. The molecule has 2 amide bonds.